The van der Waals surface area contributed by atoms with Gasteiger partial charge in [-0.1, -0.05) is 48.5 Å². The van der Waals surface area contributed by atoms with E-state index in [1.807, 2.05) is 24.3 Å². The van der Waals surface area contributed by atoms with Gasteiger partial charge in [-0.05, 0) is 22.3 Å². The summed E-state index contributed by atoms with van der Waals surface area (Å²) in [6.45, 7) is 0.229. The van der Waals surface area contributed by atoms with Crippen LogP contribution in [0.25, 0.3) is 11.1 Å². The second kappa shape index (κ2) is 8.05. The first-order chi connectivity index (χ1) is 13.0. The molecule has 0 aliphatic heterocycles. The van der Waals surface area contributed by atoms with Gasteiger partial charge in [0.25, 0.3) is 0 Å². The van der Waals surface area contributed by atoms with E-state index in [2.05, 4.69) is 36.9 Å². The minimum Gasteiger partial charge on any atom is -0.448 e. The molecule has 1 aliphatic rings. The summed E-state index contributed by atoms with van der Waals surface area (Å²) in [7, 11) is 4.88. The lowest BCUT2D eigenvalue weighted by molar-refractivity contribution is -0.132. The SMILES string of the molecule is CN(C)C(=O)[C@H](CS)N(C)C(=O)OCC1c2ccccc2-c2ccccc21. The van der Waals surface area contributed by atoms with Gasteiger partial charge in [0.15, 0.2) is 0 Å². The van der Waals surface area contributed by atoms with Crippen molar-refractivity contribution in [3.8, 4) is 11.1 Å². The van der Waals surface area contributed by atoms with E-state index < -0.39 is 12.1 Å². The van der Waals surface area contributed by atoms with Crippen molar-refractivity contribution in [2.45, 2.75) is 12.0 Å². The molecule has 2 amide bonds. The van der Waals surface area contributed by atoms with Crippen molar-refractivity contribution in [1.82, 2.24) is 9.80 Å². The minimum absolute atomic E-state index is 0.00579. The number of carbonyl (C=O) groups excluding carboxylic acids is 2. The lowest BCUT2D eigenvalue weighted by Crippen LogP contribution is -2.48. The molecule has 2 aromatic carbocycles. The highest BCUT2D eigenvalue weighted by atomic mass is 32.1. The summed E-state index contributed by atoms with van der Waals surface area (Å²) in [6, 6.07) is 15.7. The van der Waals surface area contributed by atoms with Gasteiger partial charge in [-0.3, -0.25) is 9.69 Å². The summed E-state index contributed by atoms with van der Waals surface area (Å²) in [5.41, 5.74) is 4.67. The van der Waals surface area contributed by atoms with Gasteiger partial charge in [0, 0.05) is 32.8 Å². The highest BCUT2D eigenvalue weighted by molar-refractivity contribution is 7.80. The van der Waals surface area contributed by atoms with Crippen LogP contribution in [-0.4, -0.2) is 61.3 Å². The molecule has 5 nitrogen and oxygen atoms in total. The van der Waals surface area contributed by atoms with Crippen molar-refractivity contribution < 1.29 is 14.3 Å². The smallest absolute Gasteiger partial charge is 0.410 e. The Morgan fingerprint density at radius 3 is 2.00 bits per heavy atom. The lowest BCUT2D eigenvalue weighted by Gasteiger charge is -2.28. The number of hydrogen-bond acceptors (Lipinski definition) is 4. The Morgan fingerprint density at radius 1 is 1.00 bits per heavy atom. The van der Waals surface area contributed by atoms with Gasteiger partial charge >= 0.3 is 6.09 Å². The van der Waals surface area contributed by atoms with Crippen molar-refractivity contribution in [3.63, 3.8) is 0 Å². The summed E-state index contributed by atoms with van der Waals surface area (Å²) < 4.78 is 5.60. The Morgan fingerprint density at radius 2 is 1.52 bits per heavy atom. The monoisotopic (exact) mass is 384 g/mol. The highest BCUT2D eigenvalue weighted by Crippen LogP contribution is 2.44. The summed E-state index contributed by atoms with van der Waals surface area (Å²) >= 11 is 4.22. The molecule has 2 aromatic rings. The normalized spacial score (nSPS) is 13.5. The standard InChI is InChI=1S/C21H24N2O3S/c1-22(2)20(24)19(13-27)23(3)21(25)26-12-18-16-10-6-4-8-14(16)15-9-5-7-11-17(15)18/h4-11,18-19,27H,12-13H2,1-3H3/t19-/m0/s1. The average Bonchev–Trinajstić information content (AvgIpc) is 3.00. The fourth-order valence-corrected chi connectivity index (χ4v) is 3.89. The van der Waals surface area contributed by atoms with Crippen LogP contribution >= 0.6 is 12.6 Å². The molecule has 3 rings (SSSR count). The van der Waals surface area contributed by atoms with Gasteiger partial charge in [-0.2, -0.15) is 12.6 Å². The lowest BCUT2D eigenvalue weighted by atomic mass is 9.98. The summed E-state index contributed by atoms with van der Waals surface area (Å²) in [5, 5.41) is 0. The topological polar surface area (TPSA) is 49.9 Å². The fourth-order valence-electron chi connectivity index (χ4n) is 3.49. The molecule has 1 atom stereocenters. The molecule has 1 aliphatic carbocycles. The maximum absolute atomic E-state index is 12.6. The number of amides is 2. The molecule has 27 heavy (non-hydrogen) atoms. The predicted octanol–water partition coefficient (Wildman–Crippen LogP) is 3.25. The van der Waals surface area contributed by atoms with E-state index >= 15 is 0 Å². The van der Waals surface area contributed by atoms with Crippen molar-refractivity contribution in [3.05, 3.63) is 59.7 Å². The molecule has 0 saturated carbocycles. The van der Waals surface area contributed by atoms with Crippen LogP contribution in [0.4, 0.5) is 4.79 Å². The van der Waals surface area contributed by atoms with Crippen LogP contribution in [0, 0.1) is 0 Å². The number of fused-ring (bicyclic) bond motifs is 3. The van der Waals surface area contributed by atoms with E-state index in [1.54, 1.807) is 21.1 Å². The van der Waals surface area contributed by atoms with Gasteiger partial charge in [0.2, 0.25) is 5.91 Å². The first kappa shape index (κ1) is 19.3. The number of rotatable bonds is 5. The minimum atomic E-state index is -0.654. The third-order valence-electron chi connectivity index (χ3n) is 4.99. The fraction of sp³-hybridized carbons (Fsp3) is 0.333. The second-order valence-corrected chi connectivity index (χ2v) is 7.21. The number of nitrogens with zero attached hydrogens (tertiary/aromatic N) is 2. The highest BCUT2D eigenvalue weighted by Gasteiger charge is 2.31. The van der Waals surface area contributed by atoms with Crippen LogP contribution in [0.2, 0.25) is 0 Å². The number of ether oxygens (including phenoxy) is 1. The summed E-state index contributed by atoms with van der Waals surface area (Å²) in [5.74, 6) is 0.0484. The Bertz CT molecular complexity index is 807. The van der Waals surface area contributed by atoms with Gasteiger partial charge in [-0.15, -0.1) is 0 Å². The molecular formula is C21H24N2O3S. The summed E-state index contributed by atoms with van der Waals surface area (Å²) in [6.07, 6.45) is -0.522. The average molecular weight is 385 g/mol. The molecule has 0 saturated heterocycles. The van der Waals surface area contributed by atoms with E-state index in [4.69, 9.17) is 4.74 Å². The number of benzene rings is 2. The van der Waals surface area contributed by atoms with E-state index in [1.165, 1.54) is 20.9 Å². The number of likely N-dealkylation sites (N-methyl/N-ethyl adjacent to an activating group) is 2. The molecular weight excluding hydrogens is 360 g/mol. The van der Waals surface area contributed by atoms with E-state index in [0.717, 1.165) is 11.1 Å². The zero-order chi connectivity index (χ0) is 19.6. The maximum Gasteiger partial charge on any atom is 0.410 e. The molecule has 0 bridgehead atoms. The largest absolute Gasteiger partial charge is 0.448 e. The Labute approximate surface area is 165 Å². The molecule has 0 spiro atoms. The molecule has 0 N–H and O–H groups in total. The third-order valence-corrected chi connectivity index (χ3v) is 5.34. The zero-order valence-electron chi connectivity index (χ0n) is 15.8. The Hall–Kier alpha value is -2.47. The van der Waals surface area contributed by atoms with Gasteiger partial charge in [0.05, 0.1) is 0 Å². The molecule has 0 aromatic heterocycles. The van der Waals surface area contributed by atoms with Crippen molar-refractivity contribution in [2.75, 3.05) is 33.5 Å². The first-order valence-corrected chi connectivity index (χ1v) is 9.48. The quantitative estimate of drug-likeness (QED) is 0.805. The van der Waals surface area contributed by atoms with Crippen LogP contribution in [0.1, 0.15) is 17.0 Å². The zero-order valence-corrected chi connectivity index (χ0v) is 16.6. The van der Waals surface area contributed by atoms with E-state index in [-0.39, 0.29) is 24.2 Å². The molecule has 142 valence electrons. The molecule has 0 unspecified atom stereocenters. The molecule has 0 radical (unpaired) electrons. The van der Waals surface area contributed by atoms with Crippen LogP contribution < -0.4 is 0 Å². The summed E-state index contributed by atoms with van der Waals surface area (Å²) in [4.78, 5) is 27.6. The predicted molar refractivity (Wildman–Crippen MR) is 109 cm³/mol. The molecule has 0 heterocycles. The van der Waals surface area contributed by atoms with E-state index in [9.17, 15) is 9.59 Å². The van der Waals surface area contributed by atoms with Crippen molar-refractivity contribution >= 4 is 24.6 Å². The van der Waals surface area contributed by atoms with Crippen LogP contribution in [0.3, 0.4) is 0 Å². The van der Waals surface area contributed by atoms with Gasteiger partial charge in [-0.25, -0.2) is 4.79 Å². The number of hydrogen-bond donors (Lipinski definition) is 1. The van der Waals surface area contributed by atoms with Crippen molar-refractivity contribution in [2.24, 2.45) is 0 Å². The van der Waals surface area contributed by atoms with Crippen molar-refractivity contribution in [1.29, 1.82) is 0 Å². The van der Waals surface area contributed by atoms with Crippen LogP contribution in [0.5, 0.6) is 0 Å². The van der Waals surface area contributed by atoms with Gasteiger partial charge in [0.1, 0.15) is 12.6 Å². The van der Waals surface area contributed by atoms with Crippen LogP contribution in [0.15, 0.2) is 48.5 Å². The molecule has 0 fully saturated rings. The maximum atomic E-state index is 12.6. The van der Waals surface area contributed by atoms with Crippen LogP contribution in [-0.2, 0) is 9.53 Å². The Kier molecular flexibility index (Phi) is 5.75. The number of carbonyl (C=O) groups is 2. The Balaban J connectivity index is 1.75. The molecule has 6 heteroatoms. The third kappa shape index (κ3) is 3.67. The second-order valence-electron chi connectivity index (χ2n) is 6.85. The first-order valence-electron chi connectivity index (χ1n) is 8.85. The van der Waals surface area contributed by atoms with Gasteiger partial charge < -0.3 is 9.64 Å². The number of thiol groups is 1. The van der Waals surface area contributed by atoms with E-state index in [0.29, 0.717) is 0 Å².